The molecule has 4 aliphatic rings. The first-order chi connectivity index (χ1) is 36.7. The minimum atomic E-state index is -5.28. The van der Waals surface area contributed by atoms with Gasteiger partial charge in [-0.3, -0.25) is 18.4 Å². The highest BCUT2D eigenvalue weighted by Crippen LogP contribution is 2.49. The number of nitrogens with one attached hydrogen (secondary N) is 2. The van der Waals surface area contributed by atoms with Gasteiger partial charge in [-0.1, -0.05) is 25.0 Å². The summed E-state index contributed by atoms with van der Waals surface area (Å²) in [5, 5.41) is 29.8. The molecule has 78 heavy (non-hydrogen) atoms. The Morgan fingerprint density at radius 2 is 1.59 bits per heavy atom. The first-order valence-corrected chi connectivity index (χ1v) is 28.8. The van der Waals surface area contributed by atoms with Crippen molar-refractivity contribution in [2.24, 2.45) is 0 Å². The van der Waals surface area contributed by atoms with Crippen LogP contribution in [0, 0.1) is 0 Å². The van der Waals surface area contributed by atoms with Crippen molar-refractivity contribution in [2.75, 3.05) is 48.7 Å². The fourth-order valence-electron chi connectivity index (χ4n) is 11.5. The molecule has 0 saturated carbocycles. The highest BCUT2D eigenvalue weighted by Gasteiger charge is 2.50. The van der Waals surface area contributed by atoms with Crippen molar-refractivity contribution in [1.82, 2.24) is 29.4 Å². The summed E-state index contributed by atoms with van der Waals surface area (Å²) in [7, 11) is -10.3. The van der Waals surface area contributed by atoms with Crippen molar-refractivity contribution in [3.63, 3.8) is 0 Å². The normalized spacial score (nSPS) is 20.3. The van der Waals surface area contributed by atoms with E-state index in [4.69, 9.17) is 19.7 Å². The van der Waals surface area contributed by atoms with E-state index >= 15 is 0 Å². The Morgan fingerprint density at radius 3 is 2.27 bits per heavy atom. The maximum absolute atomic E-state index is 13.8. The van der Waals surface area contributed by atoms with Gasteiger partial charge in [0, 0.05) is 78.3 Å². The maximum Gasteiger partial charge on any atom is 0.470 e. The van der Waals surface area contributed by atoms with Crippen LogP contribution in [0.15, 0.2) is 60.9 Å². The Labute approximate surface area is 449 Å². The molecule has 0 unspecified atom stereocenters. The van der Waals surface area contributed by atoms with Crippen LogP contribution >= 0.6 is 15.6 Å². The number of carboxylic acids is 1. The van der Waals surface area contributed by atoms with Crippen LogP contribution in [0.4, 0.5) is 17.5 Å². The van der Waals surface area contributed by atoms with Gasteiger partial charge in [0.25, 0.3) is 5.91 Å². The number of phosphoric acid groups is 2. The molecule has 0 radical (unpaired) electrons. The third-order valence-electron chi connectivity index (χ3n) is 14.7. The lowest BCUT2D eigenvalue weighted by Gasteiger charge is -2.43. The van der Waals surface area contributed by atoms with Crippen molar-refractivity contribution >= 4 is 72.9 Å². The molecule has 5 aromatic rings. The maximum atomic E-state index is 13.8. The largest absolute Gasteiger partial charge is 0.478 e. The zero-order valence-corrected chi connectivity index (χ0v) is 46.3. The zero-order valence-electron chi connectivity index (χ0n) is 44.6. The van der Waals surface area contributed by atoms with E-state index in [0.29, 0.717) is 61.4 Å². The molecule has 4 atom stereocenters. The second kappa shape index (κ2) is 21.4. The molecule has 9 rings (SSSR count). The molecule has 416 valence electrons. The number of aromatic nitrogens is 4. The van der Waals surface area contributed by atoms with E-state index in [9.17, 15) is 48.5 Å². The zero-order chi connectivity index (χ0) is 56.4. The Morgan fingerprint density at radius 1 is 0.872 bits per heavy atom. The van der Waals surface area contributed by atoms with E-state index in [0.717, 1.165) is 63.5 Å². The van der Waals surface area contributed by atoms with Crippen LogP contribution in [0.5, 0.6) is 11.5 Å². The molecule has 0 aliphatic carbocycles. The highest BCUT2D eigenvalue weighted by molar-refractivity contribution is 7.46. The van der Waals surface area contributed by atoms with Gasteiger partial charge in [-0.25, -0.2) is 33.5 Å². The number of aliphatic hydroxyl groups excluding tert-OH is 1. The van der Waals surface area contributed by atoms with Gasteiger partial charge < -0.3 is 60.5 Å². The first kappa shape index (κ1) is 56.4. The standard InChI is InChI=1S/C53H65N9O14P2/c1-9-60-37-22-39-35(20-32(37)28(3)24-52(60,5)6)42(36-21-33-29(4)25-53(7,8)61(10-2)38(33)23-40(36)74-39)31-16-15-30(19-34(31)50(65)66)48(64)55-17-13-11-12-14-18-56-51-59-43-46(54)57-27-58-47(43)62(51)49-45(76-78(70,71)72)44(63)41(75-49)26-73-77(67,68)69/h15-16,19-25,27,41,44-45,49,54-55,63H,9-14,17-18,26H2,1-8H3,(H6,64,65,66,67,68,69,70,71,72)/p+1/t41-,44-,45-,49-/m1/s1. The molecule has 6 heterocycles. The van der Waals surface area contributed by atoms with E-state index in [-0.39, 0.29) is 45.1 Å². The van der Waals surface area contributed by atoms with Gasteiger partial charge in [0.2, 0.25) is 11.3 Å². The molecule has 3 aromatic carbocycles. The van der Waals surface area contributed by atoms with Crippen molar-refractivity contribution in [1.29, 1.82) is 0 Å². The van der Waals surface area contributed by atoms with Crippen molar-refractivity contribution in [2.45, 2.75) is 117 Å². The molecule has 1 saturated heterocycles. The van der Waals surface area contributed by atoms with Crippen LogP contribution in [-0.2, 0) is 22.9 Å². The number of amides is 1. The number of ether oxygens (including phenoxy) is 2. The summed E-state index contributed by atoms with van der Waals surface area (Å²) in [5.74, 6) is -0.415. The predicted molar refractivity (Wildman–Crippen MR) is 291 cm³/mol. The Bertz CT molecular complexity index is 3550. The van der Waals surface area contributed by atoms with Crippen LogP contribution in [0.2, 0.25) is 0 Å². The molecule has 10 N–H and O–H groups in total. The molecular weight excluding hydrogens is 1050 g/mol. The van der Waals surface area contributed by atoms with Gasteiger partial charge in [0.1, 0.15) is 42.7 Å². The van der Waals surface area contributed by atoms with Gasteiger partial charge in [0.05, 0.1) is 23.8 Å². The fourth-order valence-corrected chi connectivity index (χ4v) is 12.4. The summed E-state index contributed by atoms with van der Waals surface area (Å²) < 4.78 is 49.2. The monoisotopic (exact) mass is 1110 g/mol. The number of carbonyl (C=O) groups is 2. The van der Waals surface area contributed by atoms with E-state index in [1.165, 1.54) is 10.6 Å². The number of nitrogens with zero attached hydrogens (tertiary/aromatic N) is 6. The van der Waals surface area contributed by atoms with Crippen LogP contribution in [0.1, 0.15) is 130 Å². The number of unbranched alkanes of at least 4 members (excludes halogenated alkanes) is 3. The Balaban J connectivity index is 0.922. The Hall–Kier alpha value is -6.36. The fraction of sp³-hybridized carbons (Fsp3) is 0.434. The van der Waals surface area contributed by atoms with Gasteiger partial charge >= 0.3 is 21.6 Å². The van der Waals surface area contributed by atoms with E-state index in [1.807, 2.05) is 0 Å². The van der Waals surface area contributed by atoms with Gasteiger partial charge in [-0.05, 0) is 101 Å². The van der Waals surface area contributed by atoms with Crippen LogP contribution in [0.25, 0.3) is 27.9 Å². The molecule has 1 fully saturated rings. The van der Waals surface area contributed by atoms with Gasteiger partial charge in [0.15, 0.2) is 28.7 Å². The summed E-state index contributed by atoms with van der Waals surface area (Å²) in [6.07, 6.45) is 1.39. The van der Waals surface area contributed by atoms with E-state index < -0.39 is 58.7 Å². The summed E-state index contributed by atoms with van der Waals surface area (Å²) in [5.41, 5.74) is 13.0. The average Bonchev–Trinajstić information content (AvgIpc) is 4.02. The molecule has 2 aromatic heterocycles. The number of rotatable bonds is 19. The van der Waals surface area contributed by atoms with Crippen molar-refractivity contribution in [3.8, 4) is 11.5 Å². The third-order valence-corrected chi connectivity index (χ3v) is 15.7. The number of carbonyl (C=O) groups excluding carboxylic acids is 1. The number of fused-ring (bicyclic) bond motifs is 5. The smallest absolute Gasteiger partial charge is 0.470 e. The number of allylic oxidation sites excluding steroid dienone is 2. The second-order valence-electron chi connectivity index (χ2n) is 21.0. The summed E-state index contributed by atoms with van der Waals surface area (Å²) in [6.45, 7) is 18.4. The Kier molecular flexibility index (Phi) is 15.4. The molecule has 1 amide bonds. The number of benzene rings is 3. The van der Waals surface area contributed by atoms with Gasteiger partial charge in [-0.2, -0.15) is 0 Å². The van der Waals surface area contributed by atoms with Crippen molar-refractivity contribution in [3.05, 3.63) is 105 Å². The predicted octanol–water partition coefficient (Wildman–Crippen LogP) is 5.44. The number of aliphatic hydroxyl groups is 1. The number of carboxylic acid groups (broad SMARTS) is 1. The molecule has 0 spiro atoms. The van der Waals surface area contributed by atoms with Crippen LogP contribution in [-0.4, -0.2) is 123 Å². The number of phosphoric ester groups is 2. The lowest BCUT2D eigenvalue weighted by molar-refractivity contribution is -0.0489. The highest BCUT2D eigenvalue weighted by atomic mass is 31.2. The number of hydrogen-bond donors (Lipinski definition) is 9. The first-order valence-electron chi connectivity index (χ1n) is 25.7. The number of nitrogen functional groups attached to an aromatic ring is 1. The lowest BCUT2D eigenvalue weighted by atomic mass is 9.83. The minimum Gasteiger partial charge on any atom is -0.478 e. The summed E-state index contributed by atoms with van der Waals surface area (Å²) >= 11 is 0. The lowest BCUT2D eigenvalue weighted by Crippen LogP contribution is -2.49. The second-order valence-corrected chi connectivity index (χ2v) is 23.4. The van der Waals surface area contributed by atoms with Gasteiger partial charge in [-0.15, -0.1) is 0 Å². The van der Waals surface area contributed by atoms with E-state index in [1.54, 1.807) is 12.1 Å². The van der Waals surface area contributed by atoms with Crippen LogP contribution in [0.3, 0.4) is 0 Å². The quantitative estimate of drug-likeness (QED) is 0.0277. The topological polar surface area (TPSA) is 327 Å². The number of nitrogens with two attached hydrogens (primary N) is 1. The molecular formula is C53H66N9O14P2+. The number of imidazole rings is 1. The summed E-state index contributed by atoms with van der Waals surface area (Å²) in [6, 6.07) is 13.2. The van der Waals surface area contributed by atoms with E-state index in [2.05, 4.69) is 131 Å². The number of likely N-dealkylation sites (N-methyl/N-ethyl adjacent to an activating group) is 2. The SMILES string of the molecule is CCN1c2cc3c(cc2C(C)=CC1(C)C)C(c1ccc(C(=O)NCCCCCCNc2nc4c(N)ncnc4n2[C@@H]2O[C@H](COP(=O)(O)O)[C@@H](O)[C@H]2OP(=O)(O)O)cc1C(=O)O)=c1cc2c(cc1O3)=[N+](CC)C(C)(C)C=C2C. The van der Waals surface area contributed by atoms with Crippen molar-refractivity contribution < 1.29 is 67.0 Å². The van der Waals surface area contributed by atoms with Crippen LogP contribution < -0.4 is 41.2 Å². The number of aromatic carboxylic acids is 1. The molecule has 4 aliphatic heterocycles. The average molecular weight is 1120 g/mol. The number of hydrogen-bond acceptors (Lipinski definition) is 15. The summed E-state index contributed by atoms with van der Waals surface area (Å²) in [4.78, 5) is 80.1. The third kappa shape index (κ3) is 11.0. The molecule has 25 heteroatoms. The molecule has 23 nitrogen and oxygen atoms in total. The number of anilines is 3. The molecule has 0 bridgehead atoms. The minimum absolute atomic E-state index is 0.0366.